The van der Waals surface area contributed by atoms with Crippen molar-refractivity contribution < 1.29 is 19.0 Å². The van der Waals surface area contributed by atoms with Gasteiger partial charge in [0.15, 0.2) is 0 Å². The molecule has 0 unspecified atom stereocenters. The van der Waals surface area contributed by atoms with Gasteiger partial charge in [-0.15, -0.1) is 0 Å². The number of hydrogen-bond acceptors (Lipinski definition) is 7. The van der Waals surface area contributed by atoms with Crippen LogP contribution in [0.3, 0.4) is 0 Å². The summed E-state index contributed by atoms with van der Waals surface area (Å²) in [6.07, 6.45) is 2.47. The van der Waals surface area contributed by atoms with Crippen LogP contribution < -0.4 is 21.3 Å². The Morgan fingerprint density at radius 1 is 1.11 bits per heavy atom. The number of hydrogen-bond donors (Lipinski definition) is 2. The summed E-state index contributed by atoms with van der Waals surface area (Å²) in [6.45, 7) is 1.20. The Bertz CT molecular complexity index is 1950. The van der Waals surface area contributed by atoms with Crippen LogP contribution in [-0.4, -0.2) is 56.3 Å². The van der Waals surface area contributed by atoms with E-state index in [1.165, 1.54) is 26.2 Å². The quantitative estimate of drug-likeness (QED) is 0.325. The highest BCUT2D eigenvalue weighted by Crippen LogP contribution is 2.46. The lowest BCUT2D eigenvalue weighted by molar-refractivity contribution is -0.0256. The molecule has 2 aromatic carbocycles. The fourth-order valence-corrected chi connectivity index (χ4v) is 6.58. The van der Waals surface area contributed by atoms with Crippen molar-refractivity contribution in [1.82, 2.24) is 19.0 Å². The molecule has 1 fully saturated rings. The van der Waals surface area contributed by atoms with Crippen LogP contribution in [0.5, 0.6) is 5.88 Å². The van der Waals surface area contributed by atoms with Gasteiger partial charge < -0.3 is 19.7 Å². The van der Waals surface area contributed by atoms with Crippen LogP contribution in [0.2, 0.25) is 10.0 Å². The number of nitrogens with one attached hydrogen (secondary N) is 1. The normalized spacial score (nSPS) is 16.5. The van der Waals surface area contributed by atoms with Crippen molar-refractivity contribution >= 4 is 34.8 Å². The van der Waals surface area contributed by atoms with E-state index < -0.39 is 23.0 Å². The van der Waals surface area contributed by atoms with Crippen molar-refractivity contribution in [3.05, 3.63) is 96.0 Å². The molecular weight excluding hydrogens is 612 g/mol. The number of rotatable bonds is 6. The summed E-state index contributed by atoms with van der Waals surface area (Å²) in [5.41, 5.74) is 1.72. The van der Waals surface area contributed by atoms with Crippen LogP contribution in [0, 0.1) is 5.82 Å². The van der Waals surface area contributed by atoms with E-state index in [2.05, 4.69) is 10.2 Å². The number of fused-ring (bicyclic) bond motifs is 1. The van der Waals surface area contributed by atoms with E-state index in [-0.39, 0.29) is 44.6 Å². The first-order valence-electron chi connectivity index (χ1n) is 13.8. The van der Waals surface area contributed by atoms with Gasteiger partial charge in [0.05, 0.1) is 34.6 Å². The second-order valence-electron chi connectivity index (χ2n) is 11.0. The van der Waals surface area contributed by atoms with Gasteiger partial charge in [0.1, 0.15) is 11.4 Å². The number of aliphatic hydroxyl groups excluding tert-OH is 1. The molecule has 2 aliphatic rings. The van der Waals surface area contributed by atoms with Gasteiger partial charge in [0.2, 0.25) is 5.88 Å². The largest absolute Gasteiger partial charge is 0.481 e. The number of methoxy groups -OCH3 is 1. The number of aliphatic hydroxyl groups is 1. The fraction of sp³-hybridized carbons (Fsp3) is 0.290. The Morgan fingerprint density at radius 2 is 1.86 bits per heavy atom. The molecule has 1 amide bonds. The number of ether oxygens (including phenoxy) is 1. The van der Waals surface area contributed by atoms with Crippen molar-refractivity contribution in [2.75, 3.05) is 25.5 Å². The van der Waals surface area contributed by atoms with Crippen LogP contribution in [0.4, 0.5) is 10.1 Å². The average Bonchev–Trinajstić information content (AvgIpc) is 3.41. The summed E-state index contributed by atoms with van der Waals surface area (Å²) in [4.78, 5) is 44.6. The maximum absolute atomic E-state index is 15.5. The summed E-state index contributed by atoms with van der Waals surface area (Å²) in [6, 6.07) is 9.50. The lowest BCUT2D eigenvalue weighted by atomic mass is 9.98. The third-order valence-corrected chi connectivity index (χ3v) is 9.03. The van der Waals surface area contributed by atoms with Gasteiger partial charge in [0, 0.05) is 61.7 Å². The van der Waals surface area contributed by atoms with Gasteiger partial charge in [-0.05, 0) is 42.7 Å². The number of aromatic nitrogens is 3. The van der Waals surface area contributed by atoms with Gasteiger partial charge in [-0.1, -0.05) is 35.3 Å². The number of pyridine rings is 1. The number of amides is 1. The minimum absolute atomic E-state index is 0.000450. The second-order valence-corrected chi connectivity index (χ2v) is 11.7. The first kappa shape index (κ1) is 30.0. The van der Waals surface area contributed by atoms with E-state index in [1.54, 1.807) is 25.3 Å². The van der Waals surface area contributed by atoms with E-state index in [4.69, 9.17) is 32.9 Å². The lowest BCUT2D eigenvalue weighted by Crippen LogP contribution is -2.51. The SMILES string of the molecule is COc1nc(-c2ccc(F)c(-c3cccc(NC(=O)c4cn(C)c(=O)n(C)c4=O)c3Cl)c2Cl)cc2c1[C@@H](N1CC(O)C1)CC2. The van der Waals surface area contributed by atoms with E-state index in [1.807, 2.05) is 6.07 Å². The highest BCUT2D eigenvalue weighted by Gasteiger charge is 2.38. The van der Waals surface area contributed by atoms with E-state index >= 15 is 4.39 Å². The molecule has 44 heavy (non-hydrogen) atoms. The number of carbonyl (C=O) groups excluding carboxylic acids is 1. The zero-order chi connectivity index (χ0) is 31.4. The molecule has 6 rings (SSSR count). The molecule has 1 saturated heterocycles. The maximum atomic E-state index is 15.5. The Kier molecular flexibility index (Phi) is 7.83. The molecule has 0 radical (unpaired) electrons. The van der Waals surface area contributed by atoms with Crippen molar-refractivity contribution in [3.8, 4) is 28.3 Å². The molecule has 13 heteroatoms. The summed E-state index contributed by atoms with van der Waals surface area (Å²) < 4.78 is 23.1. The average molecular weight is 640 g/mol. The predicted octanol–water partition coefficient (Wildman–Crippen LogP) is 4.18. The fourth-order valence-electron chi connectivity index (χ4n) is 5.96. The molecular formula is C31H28Cl2FN5O5. The number of carbonyl (C=O) groups is 1. The van der Waals surface area contributed by atoms with Crippen molar-refractivity contribution in [2.45, 2.75) is 25.0 Å². The highest BCUT2D eigenvalue weighted by atomic mass is 35.5. The Morgan fingerprint density at radius 3 is 2.57 bits per heavy atom. The molecule has 0 saturated carbocycles. The van der Waals surface area contributed by atoms with Gasteiger partial charge in [-0.2, -0.15) is 0 Å². The maximum Gasteiger partial charge on any atom is 0.330 e. The predicted molar refractivity (Wildman–Crippen MR) is 165 cm³/mol. The van der Waals surface area contributed by atoms with Crippen LogP contribution in [-0.2, 0) is 20.5 Å². The Labute approximate surface area is 261 Å². The molecule has 4 aromatic rings. The standard InChI is InChI=1S/C31H28Cl2FN5O5/c1-37-14-19(30(42)38(2)31(37)43)28(41)35-21-6-4-5-18(26(21)32)25-20(34)9-8-17(27(25)33)22-11-15-7-10-23(39-12-16(40)13-39)24(15)29(36-22)44-3/h4-6,8-9,11,14,16,23,40H,7,10,12-13H2,1-3H3,(H,35,41)/t23-/m0/s1. The first-order valence-corrected chi connectivity index (χ1v) is 14.6. The smallest absolute Gasteiger partial charge is 0.330 e. The molecule has 1 aliphatic carbocycles. The second kappa shape index (κ2) is 11.5. The van der Waals surface area contributed by atoms with E-state index in [0.717, 1.165) is 39.3 Å². The molecule has 10 nitrogen and oxygen atoms in total. The number of benzene rings is 2. The third-order valence-electron chi connectivity index (χ3n) is 8.23. The summed E-state index contributed by atoms with van der Waals surface area (Å²) in [7, 11) is 4.24. The lowest BCUT2D eigenvalue weighted by Gasteiger charge is -2.40. The van der Waals surface area contributed by atoms with Gasteiger partial charge in [0.25, 0.3) is 11.5 Å². The molecule has 0 spiro atoms. The zero-order valence-electron chi connectivity index (χ0n) is 24.0. The van der Waals surface area contributed by atoms with Crippen LogP contribution in [0.15, 0.2) is 52.2 Å². The minimum Gasteiger partial charge on any atom is -0.481 e. The number of likely N-dealkylation sites (tertiary alicyclic amines) is 1. The van der Waals surface area contributed by atoms with Crippen LogP contribution in [0.1, 0.15) is 33.9 Å². The summed E-state index contributed by atoms with van der Waals surface area (Å²) >= 11 is 13.6. The minimum atomic E-state index is -0.791. The van der Waals surface area contributed by atoms with Gasteiger partial charge in [-0.25, -0.2) is 14.2 Å². The molecule has 228 valence electrons. The van der Waals surface area contributed by atoms with Crippen LogP contribution in [0.25, 0.3) is 22.4 Å². The topological polar surface area (TPSA) is 119 Å². The Balaban J connectivity index is 1.37. The van der Waals surface area contributed by atoms with Crippen LogP contribution >= 0.6 is 23.2 Å². The zero-order valence-corrected chi connectivity index (χ0v) is 25.5. The van der Waals surface area contributed by atoms with E-state index in [0.29, 0.717) is 30.2 Å². The Hall–Kier alpha value is -4.03. The molecule has 1 aliphatic heterocycles. The van der Waals surface area contributed by atoms with Gasteiger partial charge >= 0.3 is 5.69 Å². The molecule has 1 atom stereocenters. The molecule has 2 N–H and O–H groups in total. The van der Waals surface area contributed by atoms with Crippen molar-refractivity contribution in [3.63, 3.8) is 0 Å². The number of anilines is 1. The summed E-state index contributed by atoms with van der Waals surface area (Å²) in [5.74, 6) is -0.975. The monoisotopic (exact) mass is 639 g/mol. The van der Waals surface area contributed by atoms with Gasteiger partial charge in [-0.3, -0.25) is 19.1 Å². The number of β-amino-alcohol motifs (C(OH)–C–C–N with tert-alkyl or cyclic N) is 1. The van der Waals surface area contributed by atoms with E-state index in [9.17, 15) is 19.5 Å². The molecule has 3 heterocycles. The number of halogens is 3. The third kappa shape index (κ3) is 4.99. The molecule has 0 bridgehead atoms. The number of aryl methyl sites for hydroxylation is 2. The highest BCUT2D eigenvalue weighted by molar-refractivity contribution is 6.39. The first-order chi connectivity index (χ1) is 21.0. The van der Waals surface area contributed by atoms with Crippen molar-refractivity contribution in [1.29, 1.82) is 0 Å². The number of nitrogens with zero attached hydrogens (tertiary/aromatic N) is 4. The van der Waals surface area contributed by atoms with Crippen molar-refractivity contribution in [2.24, 2.45) is 14.1 Å². The summed E-state index contributed by atoms with van der Waals surface area (Å²) in [5, 5.41) is 12.5. The molecule has 2 aromatic heterocycles.